The predicted molar refractivity (Wildman–Crippen MR) is 102 cm³/mol. The van der Waals surface area contributed by atoms with Gasteiger partial charge in [0, 0.05) is 11.0 Å². The van der Waals surface area contributed by atoms with Crippen molar-refractivity contribution in [2.45, 2.75) is 76.0 Å². The molecule has 0 bridgehead atoms. The average Bonchev–Trinajstić information content (AvgIpc) is 2.65. The van der Waals surface area contributed by atoms with Crippen molar-refractivity contribution in [1.82, 2.24) is 4.98 Å². The Morgan fingerprint density at radius 1 is 1.17 bits per heavy atom. The Hall–Kier alpha value is -1.38. The lowest BCUT2D eigenvalue weighted by atomic mass is 9.91. The van der Waals surface area contributed by atoms with Gasteiger partial charge in [-0.15, -0.1) is 0 Å². The second kappa shape index (κ2) is 10.1. The molecule has 0 atom stereocenters. The normalized spacial score (nSPS) is 15.9. The zero-order valence-corrected chi connectivity index (χ0v) is 17.6. The number of alkyl halides is 5. The molecule has 29 heavy (non-hydrogen) atoms. The number of pyridine rings is 1. The van der Waals surface area contributed by atoms with Crippen LogP contribution in [0.4, 0.5) is 22.0 Å². The Bertz CT molecular complexity index is 716. The van der Waals surface area contributed by atoms with E-state index < -0.39 is 35.5 Å². The highest BCUT2D eigenvalue weighted by atomic mass is 32.2. The van der Waals surface area contributed by atoms with Gasteiger partial charge in [-0.2, -0.15) is 24.9 Å². The molecule has 3 nitrogen and oxygen atoms in total. The Balaban J connectivity index is 2.65. The predicted octanol–water partition coefficient (Wildman–Crippen LogP) is 6.59. The lowest BCUT2D eigenvalue weighted by molar-refractivity contribution is -0.142. The minimum atomic E-state index is -4.90. The molecule has 1 aromatic rings. The standard InChI is InChI=1S/C20H26F5NO2S/c1-11(2)9-13-14(10-29-12-7-5-4-6-8-12)17(20(23,24)25)26-16(18(21)22)15(13)19(27)28-3/h11-12,18H,4-10H2,1-3H3. The molecule has 0 amide bonds. The minimum absolute atomic E-state index is 0.0206. The Kier molecular flexibility index (Phi) is 8.31. The third-order valence-electron chi connectivity index (χ3n) is 4.93. The first-order valence-electron chi connectivity index (χ1n) is 9.67. The molecule has 0 saturated heterocycles. The van der Waals surface area contributed by atoms with Crippen LogP contribution in [0, 0.1) is 5.92 Å². The molecule has 0 aliphatic heterocycles. The molecule has 0 unspecified atom stereocenters. The van der Waals surface area contributed by atoms with Gasteiger partial charge in [-0.05, 0) is 36.3 Å². The molecule has 0 spiro atoms. The highest BCUT2D eigenvalue weighted by Crippen LogP contribution is 2.40. The molecule has 2 rings (SSSR count). The molecule has 1 aliphatic rings. The highest BCUT2D eigenvalue weighted by molar-refractivity contribution is 7.99. The fourth-order valence-electron chi connectivity index (χ4n) is 3.64. The summed E-state index contributed by atoms with van der Waals surface area (Å²) < 4.78 is 73.0. The van der Waals surface area contributed by atoms with Crippen LogP contribution in [0.15, 0.2) is 0 Å². The van der Waals surface area contributed by atoms with Crippen LogP contribution in [-0.2, 0) is 23.1 Å². The summed E-state index contributed by atoms with van der Waals surface area (Å²) in [5, 5.41) is 0.216. The Morgan fingerprint density at radius 3 is 2.28 bits per heavy atom. The van der Waals surface area contributed by atoms with E-state index in [-0.39, 0.29) is 34.5 Å². The van der Waals surface area contributed by atoms with Crippen molar-refractivity contribution in [2.75, 3.05) is 7.11 Å². The second-order valence-corrected chi connectivity index (χ2v) is 8.93. The smallest absolute Gasteiger partial charge is 0.433 e. The molecule has 1 saturated carbocycles. The van der Waals surface area contributed by atoms with Gasteiger partial charge in [0.1, 0.15) is 11.4 Å². The summed E-state index contributed by atoms with van der Waals surface area (Å²) in [6.07, 6.45) is -3.17. The summed E-state index contributed by atoms with van der Waals surface area (Å²) in [4.78, 5) is 15.5. The van der Waals surface area contributed by atoms with E-state index in [0.29, 0.717) is 0 Å². The van der Waals surface area contributed by atoms with Gasteiger partial charge in [-0.3, -0.25) is 0 Å². The van der Waals surface area contributed by atoms with Crippen molar-refractivity contribution >= 4 is 17.7 Å². The fourth-order valence-corrected chi connectivity index (χ4v) is 5.02. The molecule has 0 aromatic carbocycles. The monoisotopic (exact) mass is 439 g/mol. The number of rotatable bonds is 7. The SMILES string of the molecule is COC(=O)c1c(C(F)F)nc(C(F)(F)F)c(CSC2CCCCC2)c1CC(C)C. The largest absolute Gasteiger partial charge is 0.465 e. The average molecular weight is 439 g/mol. The van der Waals surface area contributed by atoms with E-state index in [9.17, 15) is 26.7 Å². The molecule has 1 heterocycles. The van der Waals surface area contributed by atoms with Crippen LogP contribution in [0.5, 0.6) is 0 Å². The molecular weight excluding hydrogens is 413 g/mol. The maximum atomic E-state index is 13.8. The maximum absolute atomic E-state index is 13.8. The van der Waals surface area contributed by atoms with Crippen molar-refractivity contribution in [2.24, 2.45) is 5.92 Å². The number of aromatic nitrogens is 1. The van der Waals surface area contributed by atoms with Gasteiger partial charge in [-0.1, -0.05) is 33.1 Å². The van der Waals surface area contributed by atoms with Gasteiger partial charge in [-0.25, -0.2) is 18.6 Å². The summed E-state index contributed by atoms with van der Waals surface area (Å²) in [5.41, 5.74) is -3.20. The molecule has 1 aliphatic carbocycles. The van der Waals surface area contributed by atoms with E-state index in [1.165, 1.54) is 11.8 Å². The molecule has 164 valence electrons. The Labute approximate surface area is 171 Å². The number of methoxy groups -OCH3 is 1. The van der Waals surface area contributed by atoms with Gasteiger partial charge < -0.3 is 4.74 Å². The van der Waals surface area contributed by atoms with Crippen LogP contribution in [0.25, 0.3) is 0 Å². The van der Waals surface area contributed by atoms with Crippen LogP contribution in [0.3, 0.4) is 0 Å². The quantitative estimate of drug-likeness (QED) is 0.355. The summed E-state index contributed by atoms with van der Waals surface area (Å²) in [5.74, 6) is -1.26. The summed E-state index contributed by atoms with van der Waals surface area (Å²) in [6.45, 7) is 3.52. The van der Waals surface area contributed by atoms with E-state index in [1.54, 1.807) is 13.8 Å². The van der Waals surface area contributed by atoms with Gasteiger partial charge in [0.15, 0.2) is 0 Å². The third kappa shape index (κ3) is 6.06. The number of carbonyl (C=O) groups is 1. The molecule has 1 aromatic heterocycles. The first kappa shape index (κ1) is 23.9. The van der Waals surface area contributed by atoms with Crippen molar-refractivity contribution in [3.8, 4) is 0 Å². The minimum Gasteiger partial charge on any atom is -0.465 e. The summed E-state index contributed by atoms with van der Waals surface area (Å²) in [6, 6.07) is 0. The van der Waals surface area contributed by atoms with E-state index >= 15 is 0 Å². The number of halogens is 5. The number of nitrogens with zero attached hydrogens (tertiary/aromatic N) is 1. The molecular formula is C20H26F5NO2S. The number of hydrogen-bond acceptors (Lipinski definition) is 4. The summed E-state index contributed by atoms with van der Waals surface area (Å²) in [7, 11) is 1.02. The number of thioether (sulfide) groups is 1. The van der Waals surface area contributed by atoms with Crippen LogP contribution < -0.4 is 0 Å². The van der Waals surface area contributed by atoms with Crippen LogP contribution in [-0.4, -0.2) is 23.3 Å². The summed E-state index contributed by atoms with van der Waals surface area (Å²) >= 11 is 1.38. The molecule has 1 fully saturated rings. The molecule has 9 heteroatoms. The van der Waals surface area contributed by atoms with Gasteiger partial charge in [0.05, 0.1) is 12.7 Å². The number of hydrogen-bond donors (Lipinski definition) is 0. The van der Waals surface area contributed by atoms with E-state index in [2.05, 4.69) is 9.72 Å². The number of ether oxygens (including phenoxy) is 1. The molecule has 0 radical (unpaired) electrons. The lowest BCUT2D eigenvalue weighted by Gasteiger charge is -2.25. The Morgan fingerprint density at radius 2 is 1.79 bits per heavy atom. The fraction of sp³-hybridized carbons (Fsp3) is 0.700. The van der Waals surface area contributed by atoms with Crippen LogP contribution >= 0.6 is 11.8 Å². The van der Waals surface area contributed by atoms with Crippen molar-refractivity contribution < 1.29 is 31.5 Å². The lowest BCUT2D eigenvalue weighted by Crippen LogP contribution is -2.23. The topological polar surface area (TPSA) is 39.2 Å². The van der Waals surface area contributed by atoms with Crippen molar-refractivity contribution in [3.05, 3.63) is 28.1 Å². The maximum Gasteiger partial charge on any atom is 0.433 e. The first-order valence-corrected chi connectivity index (χ1v) is 10.7. The van der Waals surface area contributed by atoms with Crippen molar-refractivity contribution in [1.29, 1.82) is 0 Å². The van der Waals surface area contributed by atoms with Crippen molar-refractivity contribution in [3.63, 3.8) is 0 Å². The van der Waals surface area contributed by atoms with Gasteiger partial charge in [0.25, 0.3) is 6.43 Å². The number of esters is 1. The molecule has 0 N–H and O–H groups in total. The van der Waals surface area contributed by atoms with E-state index in [1.807, 2.05) is 0 Å². The van der Waals surface area contributed by atoms with Crippen LogP contribution in [0.1, 0.15) is 85.2 Å². The third-order valence-corrected chi connectivity index (χ3v) is 6.33. The second-order valence-electron chi connectivity index (χ2n) is 7.64. The van der Waals surface area contributed by atoms with E-state index in [0.717, 1.165) is 39.2 Å². The van der Waals surface area contributed by atoms with Gasteiger partial charge >= 0.3 is 12.1 Å². The zero-order valence-electron chi connectivity index (χ0n) is 16.7. The first-order chi connectivity index (χ1) is 13.6. The number of carbonyl (C=O) groups excluding carboxylic acids is 1. The van der Waals surface area contributed by atoms with Gasteiger partial charge in [0.2, 0.25) is 0 Å². The zero-order chi connectivity index (χ0) is 21.8. The highest BCUT2D eigenvalue weighted by Gasteiger charge is 2.40. The van der Waals surface area contributed by atoms with E-state index in [4.69, 9.17) is 0 Å². The van der Waals surface area contributed by atoms with Crippen LogP contribution in [0.2, 0.25) is 0 Å².